The Morgan fingerprint density at radius 2 is 1.84 bits per heavy atom. The van der Waals surface area contributed by atoms with Crippen molar-refractivity contribution in [2.75, 3.05) is 19.6 Å². The third-order valence-electron chi connectivity index (χ3n) is 4.54. The molecule has 0 aromatic heterocycles. The number of rotatable bonds is 4. The molecule has 0 amide bonds. The van der Waals surface area contributed by atoms with Crippen LogP contribution < -0.4 is 5.73 Å². The third-order valence-corrected chi connectivity index (χ3v) is 4.54. The van der Waals surface area contributed by atoms with Crippen LogP contribution in [0.25, 0.3) is 0 Å². The minimum atomic E-state index is 0.254. The van der Waals surface area contributed by atoms with E-state index in [1.165, 1.54) is 11.1 Å². The summed E-state index contributed by atoms with van der Waals surface area (Å²) in [5.74, 6) is 0. The highest BCUT2D eigenvalue weighted by atomic mass is 15.1. The molecule has 1 saturated heterocycles. The average molecular weight is 260 g/mol. The number of aryl methyl sites for hydroxylation is 1. The van der Waals surface area contributed by atoms with Crippen molar-refractivity contribution in [1.82, 2.24) is 4.90 Å². The van der Waals surface area contributed by atoms with E-state index in [4.69, 9.17) is 5.73 Å². The van der Waals surface area contributed by atoms with Crippen molar-refractivity contribution in [1.29, 1.82) is 0 Å². The summed E-state index contributed by atoms with van der Waals surface area (Å²) < 4.78 is 0. The van der Waals surface area contributed by atoms with E-state index in [0.29, 0.717) is 6.04 Å². The number of piperidine rings is 1. The van der Waals surface area contributed by atoms with Crippen LogP contribution in [0.2, 0.25) is 0 Å². The number of benzene rings is 1. The lowest BCUT2D eigenvalue weighted by Gasteiger charge is -2.42. The fourth-order valence-electron chi connectivity index (χ4n) is 2.90. The van der Waals surface area contributed by atoms with E-state index in [0.717, 1.165) is 38.9 Å². The molecule has 1 unspecified atom stereocenters. The second kappa shape index (κ2) is 6.06. The molecule has 106 valence electrons. The first-order valence-corrected chi connectivity index (χ1v) is 7.57. The van der Waals surface area contributed by atoms with Crippen LogP contribution in [0, 0.1) is 5.41 Å². The molecule has 2 heteroatoms. The number of nitrogens with two attached hydrogens (primary N) is 1. The van der Waals surface area contributed by atoms with Gasteiger partial charge in [0.2, 0.25) is 0 Å². The van der Waals surface area contributed by atoms with Gasteiger partial charge in [-0.2, -0.15) is 0 Å². The Kier molecular flexibility index (Phi) is 4.64. The smallest absolute Gasteiger partial charge is 0.0115 e. The molecule has 1 fully saturated rings. The van der Waals surface area contributed by atoms with Crippen molar-refractivity contribution in [3.05, 3.63) is 35.4 Å². The second-order valence-corrected chi connectivity index (χ2v) is 6.58. The monoisotopic (exact) mass is 260 g/mol. The lowest BCUT2D eigenvalue weighted by atomic mass is 9.79. The zero-order valence-corrected chi connectivity index (χ0v) is 12.7. The first kappa shape index (κ1) is 14.5. The largest absolute Gasteiger partial charge is 0.327 e. The minimum absolute atomic E-state index is 0.254. The predicted octanol–water partition coefficient (Wildman–Crippen LogP) is 2.85. The van der Waals surface area contributed by atoms with Crippen molar-refractivity contribution in [3.63, 3.8) is 0 Å². The maximum Gasteiger partial charge on any atom is 0.0115 e. The Bertz CT molecular complexity index is 394. The molecule has 1 aliphatic heterocycles. The van der Waals surface area contributed by atoms with Crippen LogP contribution in [0.15, 0.2) is 24.3 Å². The van der Waals surface area contributed by atoms with Crippen LogP contribution in [-0.2, 0) is 12.8 Å². The topological polar surface area (TPSA) is 29.3 Å². The highest BCUT2D eigenvalue weighted by Gasteiger charge is 2.32. The second-order valence-electron chi connectivity index (χ2n) is 6.58. The van der Waals surface area contributed by atoms with Crippen molar-refractivity contribution >= 4 is 0 Å². The Hall–Kier alpha value is -0.860. The summed E-state index contributed by atoms with van der Waals surface area (Å²) in [5, 5.41) is 0. The summed E-state index contributed by atoms with van der Waals surface area (Å²) in [6.07, 6.45) is 3.40. The van der Waals surface area contributed by atoms with E-state index in [1.54, 1.807) is 0 Å². The molecular weight excluding hydrogens is 232 g/mol. The molecule has 19 heavy (non-hydrogen) atoms. The average Bonchev–Trinajstić information content (AvgIpc) is 2.40. The lowest BCUT2D eigenvalue weighted by molar-refractivity contribution is 0.0965. The molecule has 0 spiro atoms. The van der Waals surface area contributed by atoms with E-state index in [1.807, 2.05) is 0 Å². The van der Waals surface area contributed by atoms with Gasteiger partial charge in [0.25, 0.3) is 0 Å². The minimum Gasteiger partial charge on any atom is -0.327 e. The number of hydrogen-bond donors (Lipinski definition) is 1. The third kappa shape index (κ3) is 3.80. The van der Waals surface area contributed by atoms with Gasteiger partial charge in [0.05, 0.1) is 0 Å². The lowest BCUT2D eigenvalue weighted by Crippen LogP contribution is -2.52. The maximum absolute atomic E-state index is 6.19. The molecule has 1 aliphatic rings. The molecule has 0 bridgehead atoms. The molecule has 1 heterocycles. The standard InChI is InChI=1S/C17H28N2/c1-4-14-5-7-15(8-6-14)9-11-19-12-10-16(18)17(2,3)13-19/h5-8,16H,4,9-13,18H2,1-3H3. The summed E-state index contributed by atoms with van der Waals surface area (Å²) in [4.78, 5) is 2.57. The Morgan fingerprint density at radius 1 is 1.21 bits per heavy atom. The summed E-state index contributed by atoms with van der Waals surface area (Å²) in [6.45, 7) is 10.2. The van der Waals surface area contributed by atoms with Crippen LogP contribution in [0.4, 0.5) is 0 Å². The molecule has 2 rings (SSSR count). The highest BCUT2D eigenvalue weighted by molar-refractivity contribution is 5.22. The Labute approximate surface area is 118 Å². The normalized spacial score (nSPS) is 23.5. The first-order chi connectivity index (χ1) is 9.01. The molecule has 1 aromatic rings. The van der Waals surface area contributed by atoms with Gasteiger partial charge in [-0.3, -0.25) is 0 Å². The van der Waals surface area contributed by atoms with Crippen LogP contribution in [0.5, 0.6) is 0 Å². The fourth-order valence-corrected chi connectivity index (χ4v) is 2.90. The summed E-state index contributed by atoms with van der Waals surface area (Å²) in [6, 6.07) is 9.42. The van der Waals surface area contributed by atoms with E-state index in [-0.39, 0.29) is 5.41 Å². The molecule has 2 nitrogen and oxygen atoms in total. The van der Waals surface area contributed by atoms with Gasteiger partial charge in [-0.05, 0) is 42.3 Å². The summed E-state index contributed by atoms with van der Waals surface area (Å²) >= 11 is 0. The SMILES string of the molecule is CCc1ccc(CCN2CCC(N)C(C)(C)C2)cc1. The molecule has 1 aromatic carbocycles. The van der Waals surface area contributed by atoms with Crippen molar-refractivity contribution < 1.29 is 0 Å². The highest BCUT2D eigenvalue weighted by Crippen LogP contribution is 2.27. The van der Waals surface area contributed by atoms with Crippen molar-refractivity contribution in [3.8, 4) is 0 Å². The Balaban J connectivity index is 1.85. The van der Waals surface area contributed by atoms with Gasteiger partial charge in [-0.25, -0.2) is 0 Å². The van der Waals surface area contributed by atoms with Crippen molar-refractivity contribution in [2.24, 2.45) is 11.1 Å². The maximum atomic E-state index is 6.19. The number of hydrogen-bond acceptors (Lipinski definition) is 2. The molecule has 2 N–H and O–H groups in total. The van der Waals surface area contributed by atoms with Gasteiger partial charge >= 0.3 is 0 Å². The van der Waals surface area contributed by atoms with Gasteiger partial charge in [0, 0.05) is 19.1 Å². The van der Waals surface area contributed by atoms with E-state index < -0.39 is 0 Å². The number of likely N-dealkylation sites (tertiary alicyclic amines) is 1. The molecular formula is C17H28N2. The van der Waals surface area contributed by atoms with E-state index in [9.17, 15) is 0 Å². The molecule has 0 aliphatic carbocycles. The van der Waals surface area contributed by atoms with E-state index >= 15 is 0 Å². The number of nitrogens with zero attached hydrogens (tertiary/aromatic N) is 1. The Morgan fingerprint density at radius 3 is 2.42 bits per heavy atom. The van der Waals surface area contributed by atoms with Crippen LogP contribution in [0.3, 0.4) is 0 Å². The molecule has 0 saturated carbocycles. The first-order valence-electron chi connectivity index (χ1n) is 7.57. The summed E-state index contributed by atoms with van der Waals surface area (Å²) in [5.41, 5.74) is 9.32. The summed E-state index contributed by atoms with van der Waals surface area (Å²) in [7, 11) is 0. The van der Waals surface area contributed by atoms with Crippen LogP contribution in [0.1, 0.15) is 38.3 Å². The van der Waals surface area contributed by atoms with Gasteiger partial charge < -0.3 is 10.6 Å². The van der Waals surface area contributed by atoms with E-state index in [2.05, 4.69) is 49.9 Å². The zero-order chi connectivity index (χ0) is 13.9. The van der Waals surface area contributed by atoms with Gasteiger partial charge in [-0.1, -0.05) is 45.0 Å². The molecule has 0 radical (unpaired) electrons. The molecule has 1 atom stereocenters. The van der Waals surface area contributed by atoms with Crippen molar-refractivity contribution in [2.45, 2.75) is 46.1 Å². The van der Waals surface area contributed by atoms with Gasteiger partial charge in [0.1, 0.15) is 0 Å². The fraction of sp³-hybridized carbons (Fsp3) is 0.647. The zero-order valence-electron chi connectivity index (χ0n) is 12.7. The van der Waals surface area contributed by atoms with Gasteiger partial charge in [0.15, 0.2) is 0 Å². The van der Waals surface area contributed by atoms with Gasteiger partial charge in [-0.15, -0.1) is 0 Å². The quantitative estimate of drug-likeness (QED) is 0.902. The van der Waals surface area contributed by atoms with Crippen LogP contribution in [-0.4, -0.2) is 30.6 Å². The predicted molar refractivity (Wildman–Crippen MR) is 82.3 cm³/mol. The van der Waals surface area contributed by atoms with Crippen LogP contribution >= 0.6 is 0 Å².